The van der Waals surface area contributed by atoms with Gasteiger partial charge in [0.05, 0.1) is 4.90 Å². The molecule has 3 N–H and O–H groups in total. The topological polar surface area (TPSA) is 108 Å². The van der Waals surface area contributed by atoms with Crippen molar-refractivity contribution in [1.29, 1.82) is 0 Å². The number of nitrogens with one attached hydrogen (secondary N) is 3. The lowest BCUT2D eigenvalue weighted by Crippen LogP contribution is -2.32. The predicted molar refractivity (Wildman–Crippen MR) is 112 cm³/mol. The Labute approximate surface area is 169 Å². The number of aromatic amines is 1. The number of benzene rings is 2. The lowest BCUT2D eigenvalue weighted by Gasteiger charge is -2.13. The first-order valence-electron chi connectivity index (χ1n) is 9.29. The number of amides is 1. The standard InChI is InChI=1S/C21H23N3O4S/c1-15(16-5-3-2-4-6-16)14-22-20(25)11-12-23-29(27,28)18-8-9-19-17(13-18)7-10-21(26)24-19/h2-10,13,15,23H,11-12,14H2,1H3,(H,22,25)(H,24,26). The molecule has 3 rings (SSSR count). The van der Waals surface area contributed by atoms with Crippen molar-refractivity contribution < 1.29 is 13.2 Å². The van der Waals surface area contributed by atoms with Gasteiger partial charge in [0.2, 0.25) is 21.5 Å². The highest BCUT2D eigenvalue weighted by atomic mass is 32.2. The Bertz CT molecular complexity index is 1160. The van der Waals surface area contributed by atoms with Crippen LogP contribution >= 0.6 is 0 Å². The first-order valence-corrected chi connectivity index (χ1v) is 10.8. The fraction of sp³-hybridized carbons (Fsp3) is 0.238. The first-order chi connectivity index (χ1) is 13.8. The van der Waals surface area contributed by atoms with Gasteiger partial charge in [0.25, 0.3) is 0 Å². The zero-order valence-electron chi connectivity index (χ0n) is 16.0. The van der Waals surface area contributed by atoms with E-state index in [1.54, 1.807) is 12.1 Å². The third-order valence-corrected chi connectivity index (χ3v) is 6.08. The number of pyridine rings is 1. The van der Waals surface area contributed by atoms with E-state index >= 15 is 0 Å². The minimum absolute atomic E-state index is 0.00244. The van der Waals surface area contributed by atoms with Crippen molar-refractivity contribution in [2.24, 2.45) is 0 Å². The van der Waals surface area contributed by atoms with Crippen LogP contribution in [-0.2, 0) is 14.8 Å². The van der Waals surface area contributed by atoms with E-state index < -0.39 is 10.0 Å². The van der Waals surface area contributed by atoms with E-state index in [1.807, 2.05) is 37.3 Å². The van der Waals surface area contributed by atoms with Crippen LogP contribution in [0.4, 0.5) is 0 Å². The smallest absolute Gasteiger partial charge is 0.248 e. The Morgan fingerprint density at radius 1 is 1.07 bits per heavy atom. The van der Waals surface area contributed by atoms with E-state index in [9.17, 15) is 18.0 Å². The van der Waals surface area contributed by atoms with Crippen molar-refractivity contribution in [3.05, 3.63) is 76.6 Å². The molecule has 8 heteroatoms. The van der Waals surface area contributed by atoms with Gasteiger partial charge in [-0.1, -0.05) is 37.3 Å². The van der Waals surface area contributed by atoms with Crippen molar-refractivity contribution >= 4 is 26.8 Å². The maximum Gasteiger partial charge on any atom is 0.248 e. The van der Waals surface area contributed by atoms with Gasteiger partial charge in [-0.05, 0) is 41.1 Å². The summed E-state index contributed by atoms with van der Waals surface area (Å²) in [6, 6.07) is 17.2. The third-order valence-electron chi connectivity index (χ3n) is 4.62. The molecular weight excluding hydrogens is 390 g/mol. The number of carbonyl (C=O) groups is 1. The Morgan fingerprint density at radius 3 is 2.59 bits per heavy atom. The molecule has 0 saturated heterocycles. The molecule has 3 aromatic rings. The van der Waals surface area contributed by atoms with Crippen LogP contribution in [0.25, 0.3) is 10.9 Å². The Kier molecular flexibility index (Phi) is 6.46. The van der Waals surface area contributed by atoms with Gasteiger partial charge in [-0.2, -0.15) is 0 Å². The van der Waals surface area contributed by atoms with Crippen LogP contribution in [0.15, 0.2) is 70.4 Å². The number of H-pyrrole nitrogens is 1. The van der Waals surface area contributed by atoms with E-state index in [-0.39, 0.29) is 35.2 Å². The number of rotatable bonds is 8. The van der Waals surface area contributed by atoms with Crippen LogP contribution < -0.4 is 15.6 Å². The molecule has 1 unspecified atom stereocenters. The molecule has 0 fully saturated rings. The minimum atomic E-state index is -3.75. The molecule has 1 amide bonds. The lowest BCUT2D eigenvalue weighted by atomic mass is 10.0. The van der Waals surface area contributed by atoms with Crippen molar-refractivity contribution in [3.8, 4) is 0 Å². The van der Waals surface area contributed by atoms with Crippen molar-refractivity contribution in [3.63, 3.8) is 0 Å². The highest BCUT2D eigenvalue weighted by molar-refractivity contribution is 7.89. The summed E-state index contributed by atoms with van der Waals surface area (Å²) in [7, 11) is -3.75. The number of hydrogen-bond donors (Lipinski definition) is 3. The average Bonchev–Trinajstić information content (AvgIpc) is 2.72. The molecular formula is C21H23N3O4S. The quantitative estimate of drug-likeness (QED) is 0.526. The second kappa shape index (κ2) is 9.02. The zero-order valence-corrected chi connectivity index (χ0v) is 16.8. The Morgan fingerprint density at radius 2 is 1.83 bits per heavy atom. The normalized spacial score (nSPS) is 12.6. The second-order valence-corrected chi connectivity index (χ2v) is 8.60. The number of fused-ring (bicyclic) bond motifs is 1. The summed E-state index contributed by atoms with van der Waals surface area (Å²) in [4.78, 5) is 26.1. The highest BCUT2D eigenvalue weighted by Gasteiger charge is 2.15. The summed E-state index contributed by atoms with van der Waals surface area (Å²) >= 11 is 0. The number of hydrogen-bond acceptors (Lipinski definition) is 4. The molecule has 0 bridgehead atoms. The molecule has 7 nitrogen and oxygen atoms in total. The molecule has 0 aliphatic carbocycles. The fourth-order valence-electron chi connectivity index (χ4n) is 2.94. The largest absolute Gasteiger partial charge is 0.355 e. The average molecular weight is 413 g/mol. The molecule has 0 radical (unpaired) electrons. The van der Waals surface area contributed by atoms with E-state index in [0.29, 0.717) is 17.4 Å². The van der Waals surface area contributed by atoms with E-state index in [2.05, 4.69) is 15.0 Å². The summed E-state index contributed by atoms with van der Waals surface area (Å²) < 4.78 is 27.4. The van der Waals surface area contributed by atoms with Gasteiger partial charge in [-0.25, -0.2) is 13.1 Å². The summed E-state index contributed by atoms with van der Waals surface area (Å²) in [6.45, 7) is 2.50. The van der Waals surface area contributed by atoms with Gasteiger partial charge in [0.15, 0.2) is 0 Å². The fourth-order valence-corrected chi connectivity index (χ4v) is 4.00. The van der Waals surface area contributed by atoms with E-state index in [4.69, 9.17) is 0 Å². The van der Waals surface area contributed by atoms with Crippen molar-refractivity contribution in [1.82, 2.24) is 15.0 Å². The van der Waals surface area contributed by atoms with Crippen LogP contribution in [0, 0.1) is 0 Å². The second-order valence-electron chi connectivity index (χ2n) is 6.84. The maximum absolute atomic E-state index is 12.5. The monoisotopic (exact) mass is 413 g/mol. The summed E-state index contributed by atoms with van der Waals surface area (Å²) in [5.74, 6) is -0.0487. The summed E-state index contributed by atoms with van der Waals surface area (Å²) in [5, 5.41) is 3.44. The minimum Gasteiger partial charge on any atom is -0.355 e. The first kappa shape index (κ1) is 20.8. The Balaban J connectivity index is 1.52. The lowest BCUT2D eigenvalue weighted by molar-refractivity contribution is -0.120. The van der Waals surface area contributed by atoms with Gasteiger partial charge in [0, 0.05) is 31.1 Å². The number of carbonyl (C=O) groups excluding carboxylic acids is 1. The predicted octanol–water partition coefficient (Wildman–Crippen LogP) is 2.12. The zero-order chi connectivity index (χ0) is 20.9. The SMILES string of the molecule is CC(CNC(=O)CCNS(=O)(=O)c1ccc2[nH]c(=O)ccc2c1)c1ccccc1. The number of sulfonamides is 1. The van der Waals surface area contributed by atoms with Gasteiger partial charge < -0.3 is 10.3 Å². The maximum atomic E-state index is 12.5. The summed E-state index contributed by atoms with van der Waals surface area (Å²) in [5.41, 5.74) is 1.44. The molecule has 152 valence electrons. The molecule has 0 spiro atoms. The van der Waals surface area contributed by atoms with Crippen LogP contribution in [0.1, 0.15) is 24.8 Å². The Hall–Kier alpha value is -2.97. The van der Waals surface area contributed by atoms with Gasteiger partial charge in [-0.15, -0.1) is 0 Å². The summed E-state index contributed by atoms with van der Waals surface area (Å²) in [6.07, 6.45) is 0.0433. The molecule has 1 aromatic heterocycles. The molecule has 0 aliphatic rings. The van der Waals surface area contributed by atoms with Crippen LogP contribution in [0.2, 0.25) is 0 Å². The van der Waals surface area contributed by atoms with Crippen LogP contribution in [-0.4, -0.2) is 32.4 Å². The number of aromatic nitrogens is 1. The molecule has 1 atom stereocenters. The van der Waals surface area contributed by atoms with Crippen LogP contribution in [0.3, 0.4) is 0 Å². The van der Waals surface area contributed by atoms with Gasteiger partial charge in [-0.3, -0.25) is 9.59 Å². The third kappa shape index (κ3) is 5.52. The molecule has 1 heterocycles. The van der Waals surface area contributed by atoms with E-state index in [1.165, 1.54) is 18.2 Å². The molecule has 29 heavy (non-hydrogen) atoms. The highest BCUT2D eigenvalue weighted by Crippen LogP contribution is 2.16. The molecule has 0 aliphatic heterocycles. The van der Waals surface area contributed by atoms with E-state index in [0.717, 1.165) is 5.56 Å². The van der Waals surface area contributed by atoms with Gasteiger partial charge in [0.1, 0.15) is 0 Å². The molecule has 2 aromatic carbocycles. The van der Waals surface area contributed by atoms with Crippen molar-refractivity contribution in [2.45, 2.75) is 24.2 Å². The van der Waals surface area contributed by atoms with Crippen LogP contribution in [0.5, 0.6) is 0 Å². The van der Waals surface area contributed by atoms with Crippen molar-refractivity contribution in [2.75, 3.05) is 13.1 Å². The van der Waals surface area contributed by atoms with Gasteiger partial charge >= 0.3 is 0 Å². The molecule has 0 saturated carbocycles.